The van der Waals surface area contributed by atoms with Crippen LogP contribution in [0.15, 0.2) is 30.3 Å². The van der Waals surface area contributed by atoms with Crippen molar-refractivity contribution in [3.05, 3.63) is 35.9 Å². The number of benzene rings is 1. The third-order valence-electron chi connectivity index (χ3n) is 3.50. The maximum atomic E-state index is 12.2. The number of ether oxygens (including phenoxy) is 3. The molecule has 1 N–H and O–H groups in total. The fourth-order valence-electron chi connectivity index (χ4n) is 2.41. The first-order valence-corrected chi connectivity index (χ1v) is 7.00. The Morgan fingerprint density at radius 2 is 2.00 bits per heavy atom. The van der Waals surface area contributed by atoms with Gasteiger partial charge in [-0.15, -0.1) is 0 Å². The predicted octanol–water partition coefficient (Wildman–Crippen LogP) is 1.73. The summed E-state index contributed by atoms with van der Waals surface area (Å²) in [6, 6.07) is 9.11. The van der Waals surface area contributed by atoms with Gasteiger partial charge in [0.25, 0.3) is 0 Å². The molecule has 2 unspecified atom stereocenters. The minimum Gasteiger partial charge on any atom is -0.453 e. The molecule has 0 saturated carbocycles. The summed E-state index contributed by atoms with van der Waals surface area (Å²) in [5.41, 5.74) is 0.910. The molecule has 120 valence electrons. The van der Waals surface area contributed by atoms with E-state index in [1.54, 1.807) is 0 Å². The number of nitrogens with one attached hydrogen (secondary N) is 1. The Bertz CT molecular complexity index is 508. The van der Waals surface area contributed by atoms with Crippen LogP contribution in [0.25, 0.3) is 0 Å². The van der Waals surface area contributed by atoms with E-state index < -0.39 is 18.4 Å². The summed E-state index contributed by atoms with van der Waals surface area (Å²) >= 11 is 0. The van der Waals surface area contributed by atoms with Gasteiger partial charge in [0.05, 0.1) is 13.2 Å². The third kappa shape index (κ3) is 3.88. The van der Waals surface area contributed by atoms with Gasteiger partial charge < -0.3 is 19.5 Å². The highest BCUT2D eigenvalue weighted by molar-refractivity contribution is 5.70. The molecule has 0 aromatic heterocycles. The summed E-state index contributed by atoms with van der Waals surface area (Å²) < 4.78 is 15.2. The van der Waals surface area contributed by atoms with Crippen molar-refractivity contribution in [3.63, 3.8) is 0 Å². The van der Waals surface area contributed by atoms with Gasteiger partial charge in [0, 0.05) is 13.7 Å². The minimum absolute atomic E-state index is 0.196. The maximum absolute atomic E-state index is 12.2. The van der Waals surface area contributed by atoms with E-state index >= 15 is 0 Å². The molecule has 1 heterocycles. The molecule has 1 aliphatic heterocycles. The number of carbonyl (C=O) groups is 2. The molecule has 2 rings (SSSR count). The minimum atomic E-state index is -0.567. The van der Waals surface area contributed by atoms with Crippen LogP contribution in [0.4, 0.5) is 9.59 Å². The molecule has 1 saturated heterocycles. The molecule has 1 aromatic rings. The van der Waals surface area contributed by atoms with Gasteiger partial charge in [0.2, 0.25) is 0 Å². The molecular weight excluding hydrogens is 288 g/mol. The van der Waals surface area contributed by atoms with Gasteiger partial charge >= 0.3 is 12.2 Å². The zero-order valence-corrected chi connectivity index (χ0v) is 12.7. The van der Waals surface area contributed by atoms with Gasteiger partial charge in [-0.3, -0.25) is 4.90 Å². The van der Waals surface area contributed by atoms with Crippen molar-refractivity contribution in [2.45, 2.75) is 25.3 Å². The normalized spacial score (nSPS) is 20.5. The number of amides is 2. The molecule has 0 spiro atoms. The SMILES string of the molecule is COC(=O)NC1CCN(C(=O)OCc2ccccc2)C1OC. The summed E-state index contributed by atoms with van der Waals surface area (Å²) in [5.74, 6) is 0. The topological polar surface area (TPSA) is 77.1 Å². The van der Waals surface area contributed by atoms with Crippen LogP contribution in [0.3, 0.4) is 0 Å². The van der Waals surface area contributed by atoms with Crippen LogP contribution in [0, 0.1) is 0 Å². The first kappa shape index (κ1) is 16.1. The smallest absolute Gasteiger partial charge is 0.412 e. The summed E-state index contributed by atoms with van der Waals surface area (Å²) in [6.07, 6.45) is -1.01. The Hall–Kier alpha value is -2.28. The van der Waals surface area contributed by atoms with Crippen LogP contribution in [0.5, 0.6) is 0 Å². The van der Waals surface area contributed by atoms with E-state index in [4.69, 9.17) is 9.47 Å². The number of likely N-dealkylation sites (tertiary alicyclic amines) is 1. The van der Waals surface area contributed by atoms with Crippen molar-refractivity contribution >= 4 is 12.2 Å². The quantitative estimate of drug-likeness (QED) is 0.916. The summed E-state index contributed by atoms with van der Waals surface area (Å²) in [5, 5.41) is 2.65. The molecular formula is C15H20N2O5. The van der Waals surface area contributed by atoms with E-state index in [0.29, 0.717) is 13.0 Å². The summed E-state index contributed by atoms with van der Waals surface area (Å²) in [7, 11) is 2.78. The molecule has 1 fully saturated rings. The zero-order chi connectivity index (χ0) is 15.9. The molecule has 0 bridgehead atoms. The third-order valence-corrected chi connectivity index (χ3v) is 3.50. The monoisotopic (exact) mass is 308 g/mol. The van der Waals surface area contributed by atoms with Crippen molar-refractivity contribution in [2.24, 2.45) is 0 Å². The Morgan fingerprint density at radius 3 is 2.64 bits per heavy atom. The number of nitrogens with zero attached hydrogens (tertiary/aromatic N) is 1. The van der Waals surface area contributed by atoms with Crippen LogP contribution in [-0.2, 0) is 20.8 Å². The Labute approximate surface area is 129 Å². The second-order valence-electron chi connectivity index (χ2n) is 4.89. The first-order chi connectivity index (χ1) is 10.7. The van der Waals surface area contributed by atoms with E-state index in [9.17, 15) is 9.59 Å². The highest BCUT2D eigenvalue weighted by Crippen LogP contribution is 2.20. The average molecular weight is 308 g/mol. The molecule has 1 aromatic carbocycles. The van der Waals surface area contributed by atoms with Gasteiger partial charge in [-0.05, 0) is 12.0 Å². The van der Waals surface area contributed by atoms with E-state index in [1.165, 1.54) is 19.1 Å². The molecule has 22 heavy (non-hydrogen) atoms. The van der Waals surface area contributed by atoms with E-state index in [-0.39, 0.29) is 12.6 Å². The average Bonchev–Trinajstić information content (AvgIpc) is 2.96. The fourth-order valence-corrected chi connectivity index (χ4v) is 2.41. The van der Waals surface area contributed by atoms with Gasteiger partial charge in [0.1, 0.15) is 6.61 Å². The summed E-state index contributed by atoms with van der Waals surface area (Å²) in [6.45, 7) is 0.641. The van der Waals surface area contributed by atoms with E-state index in [2.05, 4.69) is 10.1 Å². The van der Waals surface area contributed by atoms with Crippen molar-refractivity contribution < 1.29 is 23.8 Å². The van der Waals surface area contributed by atoms with Crippen LogP contribution in [0.1, 0.15) is 12.0 Å². The summed E-state index contributed by atoms with van der Waals surface area (Å²) in [4.78, 5) is 24.9. The number of alkyl carbamates (subject to hydrolysis) is 1. The van der Waals surface area contributed by atoms with E-state index in [1.807, 2.05) is 30.3 Å². The van der Waals surface area contributed by atoms with Gasteiger partial charge in [-0.25, -0.2) is 9.59 Å². The number of carbonyl (C=O) groups excluding carboxylic acids is 2. The highest BCUT2D eigenvalue weighted by atomic mass is 16.6. The second-order valence-corrected chi connectivity index (χ2v) is 4.89. The molecule has 7 nitrogen and oxygen atoms in total. The first-order valence-electron chi connectivity index (χ1n) is 7.00. The van der Waals surface area contributed by atoms with Crippen molar-refractivity contribution in [3.8, 4) is 0 Å². The molecule has 2 amide bonds. The number of rotatable bonds is 4. The fraction of sp³-hybridized carbons (Fsp3) is 0.467. The van der Waals surface area contributed by atoms with Gasteiger partial charge in [-0.1, -0.05) is 30.3 Å². The lowest BCUT2D eigenvalue weighted by atomic mass is 10.2. The maximum Gasteiger partial charge on any atom is 0.412 e. The highest BCUT2D eigenvalue weighted by Gasteiger charge is 2.39. The molecule has 0 aliphatic carbocycles. The number of methoxy groups -OCH3 is 2. The lowest BCUT2D eigenvalue weighted by molar-refractivity contribution is -0.0197. The molecule has 2 atom stereocenters. The predicted molar refractivity (Wildman–Crippen MR) is 78.1 cm³/mol. The van der Waals surface area contributed by atoms with Crippen LogP contribution < -0.4 is 5.32 Å². The van der Waals surface area contributed by atoms with Crippen molar-refractivity contribution in [1.29, 1.82) is 0 Å². The number of hydrogen-bond acceptors (Lipinski definition) is 5. The van der Waals surface area contributed by atoms with Crippen LogP contribution in [0.2, 0.25) is 0 Å². The van der Waals surface area contributed by atoms with Gasteiger partial charge in [0.15, 0.2) is 6.23 Å². The largest absolute Gasteiger partial charge is 0.453 e. The van der Waals surface area contributed by atoms with Crippen molar-refractivity contribution in [1.82, 2.24) is 10.2 Å². The molecule has 0 radical (unpaired) electrons. The standard InChI is InChI=1S/C15H20N2O5/c1-20-13-12(16-14(18)21-2)8-9-17(13)15(19)22-10-11-6-4-3-5-7-11/h3-7,12-13H,8-10H2,1-2H3,(H,16,18). The molecule has 1 aliphatic rings. The van der Waals surface area contributed by atoms with Gasteiger partial charge in [-0.2, -0.15) is 0 Å². The lowest BCUT2D eigenvalue weighted by Crippen LogP contribution is -2.47. The van der Waals surface area contributed by atoms with Crippen LogP contribution in [-0.4, -0.2) is 50.1 Å². The second kappa shape index (κ2) is 7.65. The van der Waals surface area contributed by atoms with Crippen LogP contribution >= 0.6 is 0 Å². The van der Waals surface area contributed by atoms with E-state index in [0.717, 1.165) is 5.56 Å². The lowest BCUT2D eigenvalue weighted by Gasteiger charge is -2.26. The Morgan fingerprint density at radius 1 is 1.27 bits per heavy atom. The Kier molecular flexibility index (Phi) is 5.60. The Balaban J connectivity index is 1.90. The zero-order valence-electron chi connectivity index (χ0n) is 12.7. The molecule has 7 heteroatoms. The number of hydrogen-bond donors (Lipinski definition) is 1. The van der Waals surface area contributed by atoms with Crippen molar-refractivity contribution in [2.75, 3.05) is 20.8 Å².